The average molecular weight is 304 g/mol. The van der Waals surface area contributed by atoms with Gasteiger partial charge in [0.25, 0.3) is 0 Å². The summed E-state index contributed by atoms with van der Waals surface area (Å²) in [5, 5.41) is 0.672. The van der Waals surface area contributed by atoms with Crippen LogP contribution in [0.2, 0.25) is 0 Å². The monoisotopic (exact) mass is 304 g/mol. The van der Waals surface area contributed by atoms with Crippen LogP contribution < -0.4 is 5.73 Å². The van der Waals surface area contributed by atoms with Gasteiger partial charge in [0.05, 0.1) is 11.4 Å². The molecular weight excluding hydrogens is 280 g/mol. The van der Waals surface area contributed by atoms with Crippen molar-refractivity contribution in [3.05, 3.63) is 15.6 Å². The van der Waals surface area contributed by atoms with Gasteiger partial charge in [-0.15, -0.1) is 11.3 Å². The number of aryl methyl sites for hydroxylation is 1. The van der Waals surface area contributed by atoms with E-state index in [1.807, 2.05) is 20.8 Å². The van der Waals surface area contributed by atoms with Crippen molar-refractivity contribution in [1.29, 1.82) is 0 Å². The summed E-state index contributed by atoms with van der Waals surface area (Å²) in [5.41, 5.74) is 6.64. The molecule has 1 aromatic heterocycles. The zero-order valence-electron chi connectivity index (χ0n) is 12.2. The molecule has 110 valence electrons. The van der Waals surface area contributed by atoms with Crippen LogP contribution in [0.4, 0.5) is 0 Å². The van der Waals surface area contributed by atoms with Crippen molar-refractivity contribution in [2.75, 3.05) is 5.75 Å². The minimum atomic E-state index is -3.04. The van der Waals surface area contributed by atoms with Gasteiger partial charge in [-0.2, -0.15) is 0 Å². The number of thiazole rings is 1. The van der Waals surface area contributed by atoms with Gasteiger partial charge < -0.3 is 5.73 Å². The number of nitrogens with zero attached hydrogens (tertiary/aromatic N) is 1. The normalized spacial score (nSPS) is 12.9. The molecule has 0 radical (unpaired) electrons. The summed E-state index contributed by atoms with van der Waals surface area (Å²) >= 11 is 1.44. The van der Waals surface area contributed by atoms with Crippen molar-refractivity contribution in [1.82, 2.24) is 4.98 Å². The van der Waals surface area contributed by atoms with Crippen molar-refractivity contribution in [3.8, 4) is 0 Å². The van der Waals surface area contributed by atoms with E-state index in [2.05, 4.69) is 11.9 Å². The number of hydrogen-bond donors (Lipinski definition) is 1. The molecule has 0 spiro atoms. The molecule has 0 bridgehead atoms. The molecule has 0 amide bonds. The molecule has 6 heteroatoms. The second-order valence-corrected chi connectivity index (χ2v) is 8.71. The number of aromatic nitrogens is 1. The highest BCUT2D eigenvalue weighted by atomic mass is 32.2. The molecule has 1 aromatic rings. The third kappa shape index (κ3) is 4.85. The van der Waals surface area contributed by atoms with Crippen LogP contribution in [-0.2, 0) is 27.5 Å². The molecule has 0 aromatic carbocycles. The van der Waals surface area contributed by atoms with Gasteiger partial charge in [0.1, 0.15) is 10.8 Å². The lowest BCUT2D eigenvalue weighted by atomic mass is 10.0. The molecule has 4 nitrogen and oxygen atoms in total. The van der Waals surface area contributed by atoms with Crippen molar-refractivity contribution in [3.63, 3.8) is 0 Å². The van der Waals surface area contributed by atoms with E-state index >= 15 is 0 Å². The molecule has 0 aliphatic carbocycles. The highest BCUT2D eigenvalue weighted by Gasteiger charge is 2.24. The molecule has 0 fully saturated rings. The summed E-state index contributed by atoms with van der Waals surface area (Å²) in [4.78, 5) is 5.50. The second-order valence-electron chi connectivity index (χ2n) is 5.45. The lowest BCUT2D eigenvalue weighted by Gasteiger charge is -2.17. The predicted molar refractivity (Wildman–Crippen MR) is 81.1 cm³/mol. The van der Waals surface area contributed by atoms with Crippen LogP contribution in [0.5, 0.6) is 0 Å². The Hall–Kier alpha value is -0.460. The molecule has 0 aliphatic heterocycles. The standard InChI is InChI=1S/C13H24N2O2S2/c1-5-7-10-12(13(3,4)14)18-11(15-10)9-19(16,17)8-6-2/h5-9,14H2,1-4H3. The fraction of sp³-hybridized carbons (Fsp3) is 0.769. The largest absolute Gasteiger partial charge is 0.321 e. The quantitative estimate of drug-likeness (QED) is 0.840. The summed E-state index contributed by atoms with van der Waals surface area (Å²) in [6, 6.07) is 0. The highest BCUT2D eigenvalue weighted by molar-refractivity contribution is 7.90. The summed E-state index contributed by atoms with van der Waals surface area (Å²) in [5.74, 6) is 0.259. The molecule has 1 rings (SSSR count). The Morgan fingerprint density at radius 2 is 1.89 bits per heavy atom. The number of nitrogens with two attached hydrogens (primary N) is 1. The lowest BCUT2D eigenvalue weighted by Crippen LogP contribution is -2.28. The van der Waals surface area contributed by atoms with E-state index in [1.54, 1.807) is 0 Å². The molecule has 0 saturated carbocycles. The molecule has 0 saturated heterocycles. The van der Waals surface area contributed by atoms with E-state index in [0.717, 1.165) is 23.4 Å². The van der Waals surface area contributed by atoms with Crippen LogP contribution in [-0.4, -0.2) is 19.2 Å². The Morgan fingerprint density at radius 3 is 2.37 bits per heavy atom. The Kier molecular flexibility index (Phi) is 5.53. The predicted octanol–water partition coefficient (Wildman–Crippen LogP) is 2.61. The van der Waals surface area contributed by atoms with E-state index in [4.69, 9.17) is 5.73 Å². The Morgan fingerprint density at radius 1 is 1.26 bits per heavy atom. The molecule has 0 aliphatic rings. The molecule has 1 heterocycles. The van der Waals surface area contributed by atoms with Crippen LogP contribution in [0.25, 0.3) is 0 Å². The zero-order valence-corrected chi connectivity index (χ0v) is 13.8. The maximum absolute atomic E-state index is 11.9. The van der Waals surface area contributed by atoms with Crippen LogP contribution >= 0.6 is 11.3 Å². The molecular formula is C13H24N2O2S2. The third-order valence-corrected chi connectivity index (χ3v) is 6.04. The maximum Gasteiger partial charge on any atom is 0.156 e. The molecule has 19 heavy (non-hydrogen) atoms. The lowest BCUT2D eigenvalue weighted by molar-refractivity contribution is 0.557. The Labute approximate surface area is 120 Å². The second kappa shape index (κ2) is 6.33. The summed E-state index contributed by atoms with van der Waals surface area (Å²) in [7, 11) is -3.04. The fourth-order valence-corrected chi connectivity index (χ4v) is 4.85. The van der Waals surface area contributed by atoms with Gasteiger partial charge >= 0.3 is 0 Å². The smallest absolute Gasteiger partial charge is 0.156 e. The van der Waals surface area contributed by atoms with Crippen molar-refractivity contribution in [2.24, 2.45) is 5.73 Å². The van der Waals surface area contributed by atoms with Crippen LogP contribution in [0, 0.1) is 0 Å². The number of rotatable bonds is 7. The Balaban J connectivity index is 3.05. The van der Waals surface area contributed by atoms with E-state index < -0.39 is 15.4 Å². The number of sulfone groups is 1. The summed E-state index contributed by atoms with van der Waals surface area (Å²) in [6.45, 7) is 7.82. The average Bonchev–Trinajstić information content (AvgIpc) is 2.60. The first kappa shape index (κ1) is 16.6. The molecule has 0 atom stereocenters. The first-order chi connectivity index (χ1) is 8.69. The number of hydrogen-bond acceptors (Lipinski definition) is 5. The molecule has 0 unspecified atom stereocenters. The minimum Gasteiger partial charge on any atom is -0.321 e. The van der Waals surface area contributed by atoms with Crippen LogP contribution in [0.1, 0.15) is 56.1 Å². The first-order valence-electron chi connectivity index (χ1n) is 6.68. The van der Waals surface area contributed by atoms with Crippen molar-refractivity contribution < 1.29 is 8.42 Å². The van der Waals surface area contributed by atoms with Gasteiger partial charge in [0, 0.05) is 10.4 Å². The van der Waals surface area contributed by atoms with Crippen molar-refractivity contribution >= 4 is 21.2 Å². The van der Waals surface area contributed by atoms with Crippen molar-refractivity contribution in [2.45, 2.75) is 58.2 Å². The van der Waals surface area contributed by atoms with Gasteiger partial charge in [-0.05, 0) is 26.7 Å². The fourth-order valence-electron chi connectivity index (χ4n) is 1.94. The van der Waals surface area contributed by atoms with Gasteiger partial charge in [-0.1, -0.05) is 20.3 Å². The van der Waals surface area contributed by atoms with Gasteiger partial charge in [-0.3, -0.25) is 0 Å². The van der Waals surface area contributed by atoms with E-state index in [1.165, 1.54) is 11.3 Å². The van der Waals surface area contributed by atoms with E-state index in [-0.39, 0.29) is 11.5 Å². The maximum atomic E-state index is 11.9. The third-order valence-electron chi connectivity index (χ3n) is 2.67. The minimum absolute atomic E-state index is 0.0400. The highest BCUT2D eigenvalue weighted by Crippen LogP contribution is 2.30. The van der Waals surface area contributed by atoms with Crippen LogP contribution in [0.3, 0.4) is 0 Å². The van der Waals surface area contributed by atoms with Crippen LogP contribution in [0.15, 0.2) is 0 Å². The topological polar surface area (TPSA) is 73.0 Å². The van der Waals surface area contributed by atoms with Gasteiger partial charge in [0.15, 0.2) is 9.84 Å². The zero-order chi connectivity index (χ0) is 14.7. The molecule has 2 N–H and O–H groups in total. The summed E-state index contributed by atoms with van der Waals surface area (Å²) in [6.07, 6.45) is 2.47. The SMILES string of the molecule is CCCc1nc(CS(=O)(=O)CCC)sc1C(C)(C)N. The Bertz CT molecular complexity index is 513. The van der Waals surface area contributed by atoms with E-state index in [9.17, 15) is 8.42 Å². The van der Waals surface area contributed by atoms with Gasteiger partial charge in [-0.25, -0.2) is 13.4 Å². The van der Waals surface area contributed by atoms with Gasteiger partial charge in [0.2, 0.25) is 0 Å². The first-order valence-corrected chi connectivity index (χ1v) is 9.31. The summed E-state index contributed by atoms with van der Waals surface area (Å²) < 4.78 is 23.7. The van der Waals surface area contributed by atoms with E-state index in [0.29, 0.717) is 11.4 Å².